The van der Waals surface area contributed by atoms with Crippen molar-refractivity contribution in [3.63, 3.8) is 0 Å². The van der Waals surface area contributed by atoms with Gasteiger partial charge in [-0.25, -0.2) is 8.42 Å². The lowest BCUT2D eigenvalue weighted by Crippen LogP contribution is -2.39. The van der Waals surface area contributed by atoms with E-state index in [-0.39, 0.29) is 4.90 Å². The normalized spacial score (nSPS) is 15.4. The van der Waals surface area contributed by atoms with Gasteiger partial charge in [0.1, 0.15) is 6.54 Å². The molecule has 0 aliphatic heterocycles. The van der Waals surface area contributed by atoms with Crippen LogP contribution in [0.2, 0.25) is 0 Å². The Morgan fingerprint density at radius 2 is 1.89 bits per heavy atom. The largest absolute Gasteiger partial charge is 0.452 e. The summed E-state index contributed by atoms with van der Waals surface area (Å²) in [5, 5.41) is 2.74. The summed E-state index contributed by atoms with van der Waals surface area (Å²) >= 11 is 0. The van der Waals surface area contributed by atoms with Gasteiger partial charge in [-0.3, -0.25) is 9.59 Å². The molecule has 1 amide bonds. The van der Waals surface area contributed by atoms with E-state index in [9.17, 15) is 18.0 Å². The number of esters is 1. The molecule has 0 saturated heterocycles. The molecule has 1 atom stereocenters. The van der Waals surface area contributed by atoms with E-state index >= 15 is 0 Å². The van der Waals surface area contributed by atoms with Crippen molar-refractivity contribution in [3.05, 3.63) is 41.5 Å². The fourth-order valence-corrected chi connectivity index (χ4v) is 3.84. The number of aryl methyl sites for hydroxylation is 1. The number of carbonyl (C=O) groups is 2. The Bertz CT molecular complexity index is 816. The fraction of sp³-hybridized carbons (Fsp3) is 0.500. The highest BCUT2D eigenvalue weighted by molar-refractivity contribution is 7.89. The van der Waals surface area contributed by atoms with Gasteiger partial charge in [0, 0.05) is 6.54 Å². The van der Waals surface area contributed by atoms with Crippen LogP contribution in [0.3, 0.4) is 0 Å². The lowest BCUT2D eigenvalue weighted by Gasteiger charge is -2.16. The Hall–Kier alpha value is -2.19. The van der Waals surface area contributed by atoms with Gasteiger partial charge in [-0.15, -0.1) is 0 Å². The highest BCUT2D eigenvalue weighted by Crippen LogP contribution is 2.19. The zero-order valence-electron chi connectivity index (χ0n) is 16.4. The third-order valence-electron chi connectivity index (χ3n) is 4.55. The number of hydrogen-bond donors (Lipinski definition) is 2. The molecule has 0 bridgehead atoms. The summed E-state index contributed by atoms with van der Waals surface area (Å²) in [5.41, 5.74) is 2.28. The van der Waals surface area contributed by atoms with Crippen molar-refractivity contribution in [3.8, 4) is 0 Å². The lowest BCUT2D eigenvalue weighted by atomic mass is 9.97. The summed E-state index contributed by atoms with van der Waals surface area (Å²) in [4.78, 5) is 24.0. The average molecular weight is 409 g/mol. The van der Waals surface area contributed by atoms with E-state index in [4.69, 9.17) is 4.74 Å². The third kappa shape index (κ3) is 7.09. The van der Waals surface area contributed by atoms with Gasteiger partial charge in [-0.05, 0) is 58.1 Å². The minimum Gasteiger partial charge on any atom is -0.452 e. The first-order valence-corrected chi connectivity index (χ1v) is 11.0. The molecule has 154 valence electrons. The van der Waals surface area contributed by atoms with Crippen LogP contribution in [0.4, 0.5) is 0 Å². The number of ether oxygens (including phenoxy) is 1. The molecule has 0 unspecified atom stereocenters. The molecule has 1 aromatic carbocycles. The standard InChI is InChI=1S/C20H28N2O5S/c1-15-8-10-18(11-9-15)28(25,26)22-14-19(23)27-16(2)20(24)21-13-12-17-6-4-3-5-7-17/h6,8-11,16,22H,3-5,7,12-14H2,1-2H3,(H,21,24)/t16-/m1/s1. The first kappa shape index (κ1) is 22.1. The number of sulfonamides is 1. The smallest absolute Gasteiger partial charge is 0.321 e. The van der Waals surface area contributed by atoms with Crippen LogP contribution in [-0.2, 0) is 24.3 Å². The maximum Gasteiger partial charge on any atom is 0.321 e. The quantitative estimate of drug-likeness (QED) is 0.482. The van der Waals surface area contributed by atoms with Gasteiger partial charge in [0.25, 0.3) is 5.91 Å². The molecule has 0 fully saturated rings. The van der Waals surface area contributed by atoms with E-state index in [2.05, 4.69) is 16.1 Å². The van der Waals surface area contributed by atoms with E-state index in [1.165, 1.54) is 37.5 Å². The molecule has 0 spiro atoms. The maximum absolute atomic E-state index is 12.2. The molecule has 8 heteroatoms. The minimum atomic E-state index is -3.81. The highest BCUT2D eigenvalue weighted by Gasteiger charge is 2.20. The van der Waals surface area contributed by atoms with Crippen molar-refractivity contribution in [2.24, 2.45) is 0 Å². The van der Waals surface area contributed by atoms with Crippen LogP contribution in [0.1, 0.15) is 44.6 Å². The van der Waals surface area contributed by atoms with E-state index in [1.807, 2.05) is 6.92 Å². The molecule has 2 rings (SSSR count). The van der Waals surface area contributed by atoms with Gasteiger partial charge >= 0.3 is 5.97 Å². The predicted molar refractivity (Wildman–Crippen MR) is 106 cm³/mol. The topological polar surface area (TPSA) is 102 Å². The third-order valence-corrected chi connectivity index (χ3v) is 5.96. The van der Waals surface area contributed by atoms with Crippen LogP contribution >= 0.6 is 0 Å². The Kier molecular flexibility index (Phi) is 8.19. The van der Waals surface area contributed by atoms with E-state index < -0.39 is 34.5 Å². The van der Waals surface area contributed by atoms with Crippen LogP contribution in [0.5, 0.6) is 0 Å². The summed E-state index contributed by atoms with van der Waals surface area (Å²) in [6, 6.07) is 6.26. The molecular weight excluding hydrogens is 380 g/mol. The molecule has 1 aliphatic carbocycles. The van der Waals surface area contributed by atoms with Crippen molar-refractivity contribution in [2.75, 3.05) is 13.1 Å². The van der Waals surface area contributed by atoms with Crippen LogP contribution in [0.15, 0.2) is 40.8 Å². The van der Waals surface area contributed by atoms with Crippen LogP contribution in [0, 0.1) is 6.92 Å². The van der Waals surface area contributed by atoms with Crippen molar-refractivity contribution >= 4 is 21.9 Å². The molecule has 1 aliphatic rings. The van der Waals surface area contributed by atoms with E-state index in [1.54, 1.807) is 12.1 Å². The second-order valence-corrected chi connectivity index (χ2v) is 8.69. The van der Waals surface area contributed by atoms with Crippen molar-refractivity contribution < 1.29 is 22.7 Å². The number of hydrogen-bond acceptors (Lipinski definition) is 5. The predicted octanol–water partition coefficient (Wildman–Crippen LogP) is 2.21. The summed E-state index contributed by atoms with van der Waals surface area (Å²) in [6.45, 7) is 3.26. The number of rotatable bonds is 9. The Labute approximate surface area is 166 Å². The zero-order valence-corrected chi connectivity index (χ0v) is 17.2. The van der Waals surface area contributed by atoms with Gasteiger partial charge in [-0.2, -0.15) is 4.72 Å². The van der Waals surface area contributed by atoms with Crippen LogP contribution < -0.4 is 10.0 Å². The van der Waals surface area contributed by atoms with Crippen molar-refractivity contribution in [1.82, 2.24) is 10.0 Å². The zero-order chi connectivity index (χ0) is 20.6. The first-order valence-electron chi connectivity index (χ1n) is 9.49. The molecule has 0 radical (unpaired) electrons. The second-order valence-electron chi connectivity index (χ2n) is 6.92. The van der Waals surface area contributed by atoms with Gasteiger partial charge in [0.05, 0.1) is 4.90 Å². The molecular formula is C20H28N2O5S. The molecule has 7 nitrogen and oxygen atoms in total. The molecule has 28 heavy (non-hydrogen) atoms. The van der Waals surface area contributed by atoms with Crippen LogP contribution in [0.25, 0.3) is 0 Å². The number of benzene rings is 1. The molecule has 0 saturated carbocycles. The molecule has 2 N–H and O–H groups in total. The molecule has 0 aromatic heterocycles. The summed E-state index contributed by atoms with van der Waals surface area (Å²) in [6.07, 6.45) is 6.60. The van der Waals surface area contributed by atoms with Gasteiger partial charge in [-0.1, -0.05) is 29.3 Å². The number of carbonyl (C=O) groups excluding carboxylic acids is 2. The van der Waals surface area contributed by atoms with Crippen LogP contribution in [-0.4, -0.2) is 39.5 Å². The van der Waals surface area contributed by atoms with Crippen molar-refractivity contribution in [2.45, 2.75) is 57.0 Å². The number of allylic oxidation sites excluding steroid dienone is 1. The highest BCUT2D eigenvalue weighted by atomic mass is 32.2. The average Bonchev–Trinajstić information content (AvgIpc) is 2.67. The van der Waals surface area contributed by atoms with E-state index in [0.29, 0.717) is 6.54 Å². The molecule has 1 aromatic rings. The lowest BCUT2D eigenvalue weighted by molar-refractivity contribution is -0.153. The first-order chi connectivity index (χ1) is 13.3. The second kappa shape index (κ2) is 10.4. The summed E-state index contributed by atoms with van der Waals surface area (Å²) in [5.74, 6) is -1.21. The fourth-order valence-electron chi connectivity index (χ4n) is 2.87. The summed E-state index contributed by atoms with van der Waals surface area (Å²) < 4.78 is 31.5. The SMILES string of the molecule is Cc1ccc(S(=O)(=O)NCC(=O)O[C@H](C)C(=O)NCCC2=CCCCC2)cc1. The Morgan fingerprint density at radius 1 is 1.18 bits per heavy atom. The number of amides is 1. The molecule has 0 heterocycles. The Morgan fingerprint density at radius 3 is 2.54 bits per heavy atom. The Balaban J connectivity index is 1.72. The summed E-state index contributed by atoms with van der Waals surface area (Å²) in [7, 11) is -3.81. The van der Waals surface area contributed by atoms with Gasteiger partial charge < -0.3 is 10.1 Å². The number of nitrogens with one attached hydrogen (secondary N) is 2. The van der Waals surface area contributed by atoms with Gasteiger partial charge in [0.2, 0.25) is 10.0 Å². The van der Waals surface area contributed by atoms with Gasteiger partial charge in [0.15, 0.2) is 6.10 Å². The van der Waals surface area contributed by atoms with Crippen molar-refractivity contribution in [1.29, 1.82) is 0 Å². The monoisotopic (exact) mass is 408 g/mol. The maximum atomic E-state index is 12.2. The minimum absolute atomic E-state index is 0.0636. The van der Waals surface area contributed by atoms with E-state index in [0.717, 1.165) is 24.8 Å².